The molecule has 2 heterocycles. The lowest BCUT2D eigenvalue weighted by Crippen LogP contribution is -2.40. The smallest absolute Gasteiger partial charge is 0.311 e. The van der Waals surface area contributed by atoms with Gasteiger partial charge in [-0.1, -0.05) is 36.0 Å². The van der Waals surface area contributed by atoms with Gasteiger partial charge in [-0.3, -0.25) is 9.59 Å². The van der Waals surface area contributed by atoms with Crippen molar-refractivity contribution in [1.82, 2.24) is 9.88 Å². The van der Waals surface area contributed by atoms with E-state index in [0.29, 0.717) is 18.8 Å². The van der Waals surface area contributed by atoms with Gasteiger partial charge in [0.1, 0.15) is 0 Å². The molecule has 0 aliphatic carbocycles. The average Bonchev–Trinajstić information content (AvgIpc) is 3.07. The van der Waals surface area contributed by atoms with Gasteiger partial charge >= 0.3 is 5.97 Å². The van der Waals surface area contributed by atoms with Crippen LogP contribution in [-0.2, 0) is 33.7 Å². The molecule has 0 saturated carbocycles. The lowest BCUT2D eigenvalue weighted by atomic mass is 10.00. The molecule has 1 aliphatic heterocycles. The first-order valence-electron chi connectivity index (χ1n) is 8.69. The number of fused-ring (bicyclic) bond motifs is 1. The molecule has 0 bridgehead atoms. The Bertz CT molecular complexity index is 791. The maximum atomic E-state index is 12.8. The number of hydrogen-bond donors (Lipinski definition) is 0. The molecule has 0 spiro atoms. The van der Waals surface area contributed by atoms with Gasteiger partial charge in [0.25, 0.3) is 0 Å². The number of aromatic nitrogens is 1. The van der Waals surface area contributed by atoms with Crippen molar-refractivity contribution in [2.45, 2.75) is 42.8 Å². The number of thiazole rings is 1. The number of carbonyl (C=O) groups is 2. The molecule has 1 aromatic carbocycles. The highest BCUT2D eigenvalue weighted by Crippen LogP contribution is 2.29. The molecule has 1 amide bonds. The molecule has 0 radical (unpaired) electrons. The quantitative estimate of drug-likeness (QED) is 0.559. The predicted molar refractivity (Wildman–Crippen MR) is 103 cm³/mol. The minimum absolute atomic E-state index is 0.131. The van der Waals surface area contributed by atoms with Crippen molar-refractivity contribution in [3.63, 3.8) is 0 Å². The fourth-order valence-corrected chi connectivity index (χ4v) is 4.99. The second-order valence-corrected chi connectivity index (χ2v) is 8.57. The zero-order valence-electron chi connectivity index (χ0n) is 14.9. The van der Waals surface area contributed by atoms with Crippen LogP contribution in [0, 0.1) is 0 Å². The standard InChI is InChI=1S/C19H22N2O3S2/c1-3-24-17(22)10-16-12-25-19(20-16)26-13(2)18(23)21-9-8-14-6-4-5-7-15(14)11-21/h4-7,12-13H,3,8-11H2,1-2H3/t13-/m0/s1. The summed E-state index contributed by atoms with van der Waals surface area (Å²) in [5, 5.41) is 1.65. The third-order valence-corrected chi connectivity index (χ3v) is 6.34. The van der Waals surface area contributed by atoms with Crippen molar-refractivity contribution in [2.75, 3.05) is 13.2 Å². The molecule has 0 N–H and O–H groups in total. The maximum Gasteiger partial charge on any atom is 0.311 e. The van der Waals surface area contributed by atoms with E-state index in [1.165, 1.54) is 34.2 Å². The summed E-state index contributed by atoms with van der Waals surface area (Å²) in [4.78, 5) is 30.7. The van der Waals surface area contributed by atoms with E-state index in [0.717, 1.165) is 17.3 Å². The molecule has 138 valence electrons. The Morgan fingerprint density at radius 3 is 2.88 bits per heavy atom. The van der Waals surface area contributed by atoms with Gasteiger partial charge in [-0.25, -0.2) is 4.98 Å². The van der Waals surface area contributed by atoms with Gasteiger partial charge < -0.3 is 9.64 Å². The predicted octanol–water partition coefficient (Wildman–Crippen LogP) is 3.31. The molecular formula is C19H22N2O3S2. The van der Waals surface area contributed by atoms with Gasteiger partial charge in [0.05, 0.1) is 24.0 Å². The Morgan fingerprint density at radius 2 is 2.12 bits per heavy atom. The molecule has 0 unspecified atom stereocenters. The van der Waals surface area contributed by atoms with Gasteiger partial charge in [-0.2, -0.15) is 0 Å². The molecule has 1 atom stereocenters. The summed E-state index contributed by atoms with van der Waals surface area (Å²) in [5.74, 6) is -0.142. The number of carbonyl (C=O) groups excluding carboxylic acids is 2. The highest BCUT2D eigenvalue weighted by molar-refractivity contribution is 8.02. The monoisotopic (exact) mass is 390 g/mol. The molecule has 1 aromatic heterocycles. The molecule has 26 heavy (non-hydrogen) atoms. The molecule has 1 aliphatic rings. The molecule has 3 rings (SSSR count). The van der Waals surface area contributed by atoms with Crippen LogP contribution in [-0.4, -0.2) is 40.2 Å². The topological polar surface area (TPSA) is 59.5 Å². The second-order valence-electron chi connectivity index (χ2n) is 6.13. The summed E-state index contributed by atoms with van der Waals surface area (Å²) in [6, 6.07) is 8.29. The molecule has 0 fully saturated rings. The number of ether oxygens (including phenoxy) is 1. The number of hydrogen-bond acceptors (Lipinski definition) is 6. The van der Waals surface area contributed by atoms with Crippen molar-refractivity contribution < 1.29 is 14.3 Å². The van der Waals surface area contributed by atoms with Crippen LogP contribution in [0.3, 0.4) is 0 Å². The highest BCUT2D eigenvalue weighted by atomic mass is 32.2. The van der Waals surface area contributed by atoms with Crippen molar-refractivity contribution >= 4 is 35.0 Å². The lowest BCUT2D eigenvalue weighted by molar-refractivity contribution is -0.142. The minimum atomic E-state index is -0.273. The SMILES string of the molecule is CCOC(=O)Cc1csc(S[C@@H](C)C(=O)N2CCc3ccccc3C2)n1. The zero-order chi connectivity index (χ0) is 18.5. The van der Waals surface area contributed by atoms with Gasteiger partial charge in [0, 0.05) is 18.5 Å². The van der Waals surface area contributed by atoms with Crippen LogP contribution in [0.25, 0.3) is 0 Å². The first-order valence-corrected chi connectivity index (χ1v) is 10.4. The first-order chi connectivity index (χ1) is 12.6. The van der Waals surface area contributed by atoms with E-state index in [1.54, 1.807) is 6.92 Å². The highest BCUT2D eigenvalue weighted by Gasteiger charge is 2.26. The fourth-order valence-electron chi connectivity index (χ4n) is 2.93. The summed E-state index contributed by atoms with van der Waals surface area (Å²) in [5.41, 5.74) is 3.26. The summed E-state index contributed by atoms with van der Waals surface area (Å²) < 4.78 is 5.75. The van der Waals surface area contributed by atoms with Gasteiger partial charge in [0.15, 0.2) is 4.34 Å². The number of nitrogens with zero attached hydrogens (tertiary/aromatic N) is 2. The lowest BCUT2D eigenvalue weighted by Gasteiger charge is -2.30. The van der Waals surface area contributed by atoms with Crippen LogP contribution in [0.1, 0.15) is 30.7 Å². The van der Waals surface area contributed by atoms with Crippen LogP contribution in [0.2, 0.25) is 0 Å². The van der Waals surface area contributed by atoms with Crippen molar-refractivity contribution in [1.29, 1.82) is 0 Å². The molecular weight excluding hydrogens is 368 g/mol. The number of thioether (sulfide) groups is 1. The normalized spacial score (nSPS) is 14.6. The minimum Gasteiger partial charge on any atom is -0.466 e. The van der Waals surface area contributed by atoms with Gasteiger partial charge in [0.2, 0.25) is 5.91 Å². The Labute approximate surface area is 161 Å². The third-order valence-electron chi connectivity index (χ3n) is 4.23. The van der Waals surface area contributed by atoms with E-state index in [2.05, 4.69) is 17.1 Å². The summed E-state index contributed by atoms with van der Waals surface area (Å²) in [6.07, 6.45) is 1.08. The first kappa shape index (κ1) is 18.9. The Kier molecular flexibility index (Phi) is 6.32. The van der Waals surface area contributed by atoms with E-state index in [1.807, 2.05) is 29.3 Å². The summed E-state index contributed by atoms with van der Waals surface area (Å²) >= 11 is 2.92. The van der Waals surface area contributed by atoms with E-state index < -0.39 is 0 Å². The van der Waals surface area contributed by atoms with Crippen molar-refractivity contribution in [3.05, 3.63) is 46.5 Å². The van der Waals surface area contributed by atoms with Crippen LogP contribution in [0.4, 0.5) is 0 Å². The number of rotatable bonds is 6. The largest absolute Gasteiger partial charge is 0.466 e. The van der Waals surface area contributed by atoms with Crippen LogP contribution in [0.5, 0.6) is 0 Å². The average molecular weight is 391 g/mol. The Hall–Kier alpha value is -1.86. The van der Waals surface area contributed by atoms with Crippen molar-refractivity contribution in [2.24, 2.45) is 0 Å². The third kappa shape index (κ3) is 4.65. The van der Waals surface area contributed by atoms with E-state index in [9.17, 15) is 9.59 Å². The molecule has 5 nitrogen and oxygen atoms in total. The number of esters is 1. The van der Waals surface area contributed by atoms with Crippen LogP contribution < -0.4 is 0 Å². The Balaban J connectivity index is 1.57. The van der Waals surface area contributed by atoms with Crippen molar-refractivity contribution in [3.8, 4) is 0 Å². The van der Waals surface area contributed by atoms with Crippen LogP contribution in [0.15, 0.2) is 34.0 Å². The maximum absolute atomic E-state index is 12.8. The molecule has 2 aromatic rings. The number of benzene rings is 1. The number of amides is 1. The summed E-state index contributed by atoms with van der Waals surface area (Å²) in [7, 11) is 0. The molecule has 7 heteroatoms. The Morgan fingerprint density at radius 1 is 1.35 bits per heavy atom. The summed E-state index contributed by atoms with van der Waals surface area (Å²) in [6.45, 7) is 5.50. The van der Waals surface area contributed by atoms with Gasteiger partial charge in [-0.05, 0) is 31.4 Å². The van der Waals surface area contributed by atoms with Crippen LogP contribution >= 0.6 is 23.1 Å². The second kappa shape index (κ2) is 8.68. The van der Waals surface area contributed by atoms with Gasteiger partial charge in [-0.15, -0.1) is 11.3 Å². The zero-order valence-corrected chi connectivity index (χ0v) is 16.6. The van der Waals surface area contributed by atoms with E-state index in [-0.39, 0.29) is 23.5 Å². The van der Waals surface area contributed by atoms with E-state index >= 15 is 0 Å². The fraction of sp³-hybridized carbons (Fsp3) is 0.421. The van der Waals surface area contributed by atoms with E-state index in [4.69, 9.17) is 4.74 Å². The molecule has 0 saturated heterocycles.